The Hall–Kier alpha value is -0.930. The van der Waals surface area contributed by atoms with Crippen molar-refractivity contribution in [1.82, 2.24) is 4.90 Å². The lowest BCUT2D eigenvalue weighted by atomic mass is 9.82. The van der Waals surface area contributed by atoms with E-state index < -0.39 is 0 Å². The van der Waals surface area contributed by atoms with Gasteiger partial charge in [-0.05, 0) is 63.4 Å². The lowest BCUT2D eigenvalue weighted by Gasteiger charge is -2.47. The van der Waals surface area contributed by atoms with Crippen molar-refractivity contribution in [3.63, 3.8) is 0 Å². The molecule has 1 heterocycles. The summed E-state index contributed by atoms with van der Waals surface area (Å²) in [7, 11) is 0. The van der Waals surface area contributed by atoms with Gasteiger partial charge in [-0.3, -0.25) is 4.90 Å². The van der Waals surface area contributed by atoms with Gasteiger partial charge < -0.3 is 5.73 Å². The zero-order valence-electron chi connectivity index (χ0n) is 13.0. The number of piperidine rings is 1. The summed E-state index contributed by atoms with van der Waals surface area (Å²) >= 11 is 0. The predicted molar refractivity (Wildman–Crippen MR) is 82.2 cm³/mol. The molecule has 1 aromatic carbocycles. The first-order valence-corrected chi connectivity index (χ1v) is 7.75. The summed E-state index contributed by atoms with van der Waals surface area (Å²) < 4.78 is 13.8. The monoisotopic (exact) mass is 278 g/mol. The van der Waals surface area contributed by atoms with E-state index in [1.54, 1.807) is 13.0 Å². The molecule has 2 unspecified atom stereocenters. The van der Waals surface area contributed by atoms with Gasteiger partial charge in [0.1, 0.15) is 5.82 Å². The number of halogens is 1. The Labute approximate surface area is 122 Å². The highest BCUT2D eigenvalue weighted by atomic mass is 19.1. The van der Waals surface area contributed by atoms with Crippen LogP contribution in [0, 0.1) is 12.7 Å². The van der Waals surface area contributed by atoms with Crippen molar-refractivity contribution < 1.29 is 4.39 Å². The molecule has 1 aliphatic rings. The van der Waals surface area contributed by atoms with Crippen LogP contribution in [0.2, 0.25) is 0 Å². The highest BCUT2D eigenvalue weighted by Crippen LogP contribution is 2.34. The molecule has 1 saturated heterocycles. The average molecular weight is 278 g/mol. The number of nitrogens with zero attached hydrogens (tertiary/aromatic N) is 1. The zero-order valence-corrected chi connectivity index (χ0v) is 13.0. The van der Waals surface area contributed by atoms with Gasteiger partial charge in [0.05, 0.1) is 0 Å². The Morgan fingerprint density at radius 1 is 1.30 bits per heavy atom. The quantitative estimate of drug-likeness (QED) is 0.908. The molecule has 0 aromatic heterocycles. The van der Waals surface area contributed by atoms with Crippen LogP contribution in [0.15, 0.2) is 18.2 Å². The lowest BCUT2D eigenvalue weighted by Crippen LogP contribution is -2.54. The van der Waals surface area contributed by atoms with E-state index in [2.05, 4.69) is 18.7 Å². The normalized spacial score (nSPS) is 21.4. The number of hydrogen-bond acceptors (Lipinski definition) is 2. The highest BCUT2D eigenvalue weighted by Gasteiger charge is 2.37. The molecule has 0 amide bonds. The maximum atomic E-state index is 13.8. The molecule has 1 aromatic rings. The van der Waals surface area contributed by atoms with Gasteiger partial charge in [-0.15, -0.1) is 0 Å². The molecule has 0 radical (unpaired) electrons. The Morgan fingerprint density at radius 2 is 1.95 bits per heavy atom. The number of rotatable bonds is 4. The highest BCUT2D eigenvalue weighted by molar-refractivity contribution is 5.28. The van der Waals surface area contributed by atoms with Crippen molar-refractivity contribution in [3.8, 4) is 0 Å². The van der Waals surface area contributed by atoms with Crippen LogP contribution in [0.1, 0.15) is 56.7 Å². The molecule has 2 nitrogen and oxygen atoms in total. The molecule has 1 aliphatic heterocycles. The number of aryl methyl sites for hydroxylation is 1. The number of nitrogens with two attached hydrogens (primary N) is 1. The van der Waals surface area contributed by atoms with Crippen molar-refractivity contribution in [2.24, 2.45) is 5.73 Å². The van der Waals surface area contributed by atoms with Gasteiger partial charge in [-0.25, -0.2) is 4.39 Å². The molecular weight excluding hydrogens is 251 g/mol. The summed E-state index contributed by atoms with van der Waals surface area (Å²) in [5.74, 6) is -0.157. The molecule has 3 heteroatoms. The Morgan fingerprint density at radius 3 is 2.50 bits per heavy atom. The van der Waals surface area contributed by atoms with Crippen LogP contribution in [0.5, 0.6) is 0 Å². The molecule has 2 N–H and O–H groups in total. The fourth-order valence-electron chi connectivity index (χ4n) is 3.21. The van der Waals surface area contributed by atoms with E-state index in [1.165, 1.54) is 19.3 Å². The minimum Gasteiger partial charge on any atom is -0.322 e. The van der Waals surface area contributed by atoms with E-state index in [4.69, 9.17) is 5.73 Å². The summed E-state index contributed by atoms with van der Waals surface area (Å²) in [6.45, 7) is 8.40. The third-order valence-electron chi connectivity index (χ3n) is 5.02. The van der Waals surface area contributed by atoms with Gasteiger partial charge in [0.2, 0.25) is 0 Å². The summed E-state index contributed by atoms with van der Waals surface area (Å²) in [4.78, 5) is 2.50. The van der Waals surface area contributed by atoms with Gasteiger partial charge in [0.15, 0.2) is 0 Å². The minimum absolute atomic E-state index is 0.0951. The first kappa shape index (κ1) is 15.5. The molecular formula is C17H27FN2. The van der Waals surface area contributed by atoms with E-state index >= 15 is 0 Å². The second kappa shape index (κ2) is 6.23. The van der Waals surface area contributed by atoms with Crippen LogP contribution >= 0.6 is 0 Å². The Bertz CT molecular complexity index is 454. The molecule has 0 saturated carbocycles. The van der Waals surface area contributed by atoms with Crippen molar-refractivity contribution in [2.45, 2.75) is 58.0 Å². The SMILES string of the molecule is CCC(C)(C(N)c1ccc(C)c(F)c1)N1CCCCC1. The predicted octanol–water partition coefficient (Wildman–Crippen LogP) is 3.79. The maximum absolute atomic E-state index is 13.8. The fourth-order valence-corrected chi connectivity index (χ4v) is 3.21. The number of benzene rings is 1. The van der Waals surface area contributed by atoms with E-state index in [0.717, 1.165) is 25.1 Å². The Balaban J connectivity index is 2.26. The van der Waals surface area contributed by atoms with Crippen molar-refractivity contribution in [1.29, 1.82) is 0 Å². The van der Waals surface area contributed by atoms with Crippen LogP contribution in [0.3, 0.4) is 0 Å². The first-order valence-electron chi connectivity index (χ1n) is 7.75. The van der Waals surface area contributed by atoms with E-state index in [9.17, 15) is 4.39 Å². The van der Waals surface area contributed by atoms with Gasteiger partial charge in [-0.1, -0.05) is 25.5 Å². The molecule has 1 fully saturated rings. The zero-order chi connectivity index (χ0) is 14.8. The third-order valence-corrected chi connectivity index (χ3v) is 5.02. The third kappa shape index (κ3) is 2.89. The fraction of sp³-hybridized carbons (Fsp3) is 0.647. The van der Waals surface area contributed by atoms with Gasteiger partial charge in [0, 0.05) is 11.6 Å². The van der Waals surface area contributed by atoms with Crippen LogP contribution in [0.25, 0.3) is 0 Å². The van der Waals surface area contributed by atoms with Crippen LogP contribution in [0.4, 0.5) is 4.39 Å². The molecule has 20 heavy (non-hydrogen) atoms. The minimum atomic E-state index is -0.157. The van der Waals surface area contributed by atoms with E-state index in [0.29, 0.717) is 5.56 Å². The summed E-state index contributed by atoms with van der Waals surface area (Å²) in [5.41, 5.74) is 8.01. The second-order valence-electron chi connectivity index (χ2n) is 6.24. The average Bonchev–Trinajstić information content (AvgIpc) is 2.49. The first-order chi connectivity index (χ1) is 9.49. The van der Waals surface area contributed by atoms with Gasteiger partial charge in [0.25, 0.3) is 0 Å². The van der Waals surface area contributed by atoms with Crippen molar-refractivity contribution in [2.75, 3.05) is 13.1 Å². The smallest absolute Gasteiger partial charge is 0.126 e. The topological polar surface area (TPSA) is 29.3 Å². The molecule has 2 rings (SSSR count). The summed E-state index contributed by atoms with van der Waals surface area (Å²) in [6.07, 6.45) is 4.77. The Kier molecular flexibility index (Phi) is 4.82. The van der Waals surface area contributed by atoms with Crippen molar-refractivity contribution >= 4 is 0 Å². The molecule has 0 bridgehead atoms. The molecule has 0 spiro atoms. The second-order valence-corrected chi connectivity index (χ2v) is 6.24. The van der Waals surface area contributed by atoms with E-state index in [1.807, 2.05) is 12.1 Å². The standard InChI is InChI=1S/C17H27FN2/c1-4-17(3,20-10-6-5-7-11-20)16(19)14-9-8-13(2)15(18)12-14/h8-9,12,16H,4-7,10-11,19H2,1-3H3. The molecule has 0 aliphatic carbocycles. The van der Waals surface area contributed by atoms with Crippen molar-refractivity contribution in [3.05, 3.63) is 35.1 Å². The molecule has 2 atom stereocenters. The summed E-state index contributed by atoms with van der Waals surface area (Å²) in [5, 5.41) is 0. The number of likely N-dealkylation sites (tertiary alicyclic amines) is 1. The van der Waals surface area contributed by atoms with Gasteiger partial charge in [-0.2, -0.15) is 0 Å². The number of hydrogen-bond donors (Lipinski definition) is 1. The lowest BCUT2D eigenvalue weighted by molar-refractivity contribution is 0.0542. The van der Waals surface area contributed by atoms with Crippen LogP contribution in [-0.4, -0.2) is 23.5 Å². The van der Waals surface area contributed by atoms with Crippen LogP contribution in [-0.2, 0) is 0 Å². The van der Waals surface area contributed by atoms with E-state index in [-0.39, 0.29) is 17.4 Å². The summed E-state index contributed by atoms with van der Waals surface area (Å²) in [6, 6.07) is 5.26. The largest absolute Gasteiger partial charge is 0.322 e. The van der Waals surface area contributed by atoms with Gasteiger partial charge >= 0.3 is 0 Å². The molecule has 112 valence electrons. The van der Waals surface area contributed by atoms with Crippen LogP contribution < -0.4 is 5.73 Å². The maximum Gasteiger partial charge on any atom is 0.126 e.